The summed E-state index contributed by atoms with van der Waals surface area (Å²) in [4.78, 5) is 25.1. The van der Waals surface area contributed by atoms with Crippen LogP contribution in [0.15, 0.2) is 30.3 Å². The lowest BCUT2D eigenvalue weighted by molar-refractivity contribution is -0.150. The maximum absolute atomic E-state index is 15.0. The molecule has 2 aromatic rings. The number of carbonyl (C=O) groups is 2. The second-order valence-electron chi connectivity index (χ2n) is 6.73. The van der Waals surface area contributed by atoms with E-state index in [1.165, 1.54) is 0 Å². The summed E-state index contributed by atoms with van der Waals surface area (Å²) < 4.78 is 34.6. The van der Waals surface area contributed by atoms with Crippen LogP contribution in [-0.2, 0) is 14.3 Å². The molecule has 2 atom stereocenters. The molecule has 0 radical (unpaired) electrons. The average Bonchev–Trinajstić information content (AvgIpc) is 2.71. The number of carbonyl (C=O) groups excluding carboxylic acids is 2. The number of esters is 1. The minimum Gasteiger partial charge on any atom is -0.468 e. The van der Waals surface area contributed by atoms with Gasteiger partial charge in [-0.05, 0) is 12.0 Å². The van der Waals surface area contributed by atoms with Crippen molar-refractivity contribution < 1.29 is 23.1 Å². The predicted octanol–water partition coefficient (Wildman–Crippen LogP) is 4.50. The van der Waals surface area contributed by atoms with Gasteiger partial charge in [-0.25, -0.2) is 8.78 Å². The summed E-state index contributed by atoms with van der Waals surface area (Å²) in [6.45, 7) is 1.90. The number of rotatable bonds is 7. The molecule has 4 rings (SSSR count). The Balaban J connectivity index is 2.18. The number of halogens is 2. The normalized spacial score (nSPS) is 15.3. The minimum absolute atomic E-state index is 0.0272. The standard InChI is InChI=1S/C22H19F2NO3/c1-3-4-10-14(26)16(22(27)28-2)17-18-15(12-8-6-5-7-9-12)13(11-25)20(23)19(17)21(18)24/h5-9,16-17H,3-4,10H2,1-2H3. The second-order valence-corrected chi connectivity index (χ2v) is 6.73. The van der Waals surface area contributed by atoms with Gasteiger partial charge in [0.15, 0.2) is 0 Å². The maximum Gasteiger partial charge on any atom is 0.317 e. The summed E-state index contributed by atoms with van der Waals surface area (Å²) in [7, 11) is 1.14. The SMILES string of the molecule is CCCCC(=O)C(C(=O)OC)C1c2c(F)c(C#N)c(-c3ccccc3)c1c2F. The Hall–Kier alpha value is -3.07. The molecule has 0 aromatic heterocycles. The van der Waals surface area contributed by atoms with Gasteiger partial charge >= 0.3 is 5.97 Å². The molecule has 2 aliphatic rings. The number of hydrogen-bond acceptors (Lipinski definition) is 4. The largest absolute Gasteiger partial charge is 0.468 e. The lowest BCUT2D eigenvalue weighted by Gasteiger charge is -2.37. The van der Waals surface area contributed by atoms with Crippen LogP contribution in [0.4, 0.5) is 8.78 Å². The summed E-state index contributed by atoms with van der Waals surface area (Å²) in [5.74, 6) is -5.47. The van der Waals surface area contributed by atoms with Crippen molar-refractivity contribution in [2.45, 2.75) is 32.1 Å². The van der Waals surface area contributed by atoms with Crippen molar-refractivity contribution in [2.75, 3.05) is 7.11 Å². The fourth-order valence-corrected chi connectivity index (χ4v) is 3.79. The average molecular weight is 383 g/mol. The number of nitriles is 1. The van der Waals surface area contributed by atoms with E-state index in [0.717, 1.165) is 13.5 Å². The van der Waals surface area contributed by atoms with Gasteiger partial charge in [0.2, 0.25) is 0 Å². The molecule has 0 amide bonds. The number of nitrogens with zero attached hydrogens (tertiary/aromatic N) is 1. The van der Waals surface area contributed by atoms with Crippen LogP contribution < -0.4 is 0 Å². The van der Waals surface area contributed by atoms with E-state index < -0.39 is 35.2 Å². The van der Waals surface area contributed by atoms with Crippen LogP contribution in [0.25, 0.3) is 11.1 Å². The van der Waals surface area contributed by atoms with Gasteiger partial charge in [0.05, 0.1) is 12.7 Å². The molecule has 0 spiro atoms. The fourth-order valence-electron chi connectivity index (χ4n) is 3.79. The fraction of sp³-hybridized carbons (Fsp3) is 0.318. The molecule has 0 saturated heterocycles. The Morgan fingerprint density at radius 2 is 1.86 bits per heavy atom. The Labute approximate surface area is 161 Å². The Bertz CT molecular complexity index is 980. The molecule has 0 saturated carbocycles. The first-order valence-electron chi connectivity index (χ1n) is 9.08. The summed E-state index contributed by atoms with van der Waals surface area (Å²) in [5, 5.41) is 9.44. The second kappa shape index (κ2) is 7.89. The highest BCUT2D eigenvalue weighted by atomic mass is 19.1. The number of ether oxygens (including phenoxy) is 1. The topological polar surface area (TPSA) is 67.2 Å². The smallest absolute Gasteiger partial charge is 0.317 e. The number of benzene rings is 2. The molecule has 6 heteroatoms. The molecule has 0 fully saturated rings. The first kappa shape index (κ1) is 19.7. The Kier molecular flexibility index (Phi) is 5.55. The van der Waals surface area contributed by atoms with Gasteiger partial charge in [-0.1, -0.05) is 43.7 Å². The summed E-state index contributed by atoms with van der Waals surface area (Å²) >= 11 is 0. The molecule has 0 N–H and O–H groups in total. The van der Waals surface area contributed by atoms with E-state index in [4.69, 9.17) is 4.74 Å². The van der Waals surface area contributed by atoms with Gasteiger partial charge in [0.25, 0.3) is 0 Å². The maximum atomic E-state index is 15.0. The summed E-state index contributed by atoms with van der Waals surface area (Å²) in [6.07, 6.45) is 1.42. The van der Waals surface area contributed by atoms with E-state index in [9.17, 15) is 19.2 Å². The van der Waals surface area contributed by atoms with Gasteiger partial charge in [-0.2, -0.15) is 5.26 Å². The van der Waals surface area contributed by atoms with Gasteiger partial charge in [-0.3, -0.25) is 9.59 Å². The molecular formula is C22H19F2NO3. The van der Waals surface area contributed by atoms with E-state index in [2.05, 4.69) is 0 Å². The molecule has 2 aliphatic carbocycles. The van der Waals surface area contributed by atoms with Crippen LogP contribution in [0.1, 0.15) is 48.8 Å². The molecule has 2 aromatic carbocycles. The first-order chi connectivity index (χ1) is 13.5. The van der Waals surface area contributed by atoms with Crippen LogP contribution in [0.3, 0.4) is 0 Å². The van der Waals surface area contributed by atoms with Crippen LogP contribution in [0.2, 0.25) is 0 Å². The number of ketones is 1. The van der Waals surface area contributed by atoms with Crippen molar-refractivity contribution in [3.8, 4) is 17.2 Å². The highest BCUT2D eigenvalue weighted by Gasteiger charge is 2.50. The molecule has 144 valence electrons. The number of methoxy groups -OCH3 is 1. The summed E-state index contributed by atoms with van der Waals surface area (Å²) in [5.41, 5.74) is -0.0904. The molecule has 28 heavy (non-hydrogen) atoms. The molecule has 4 nitrogen and oxygen atoms in total. The third kappa shape index (κ3) is 2.97. The number of unbranched alkanes of at least 4 members (excludes halogenated alkanes) is 1. The van der Waals surface area contributed by atoms with Gasteiger partial charge in [-0.15, -0.1) is 0 Å². The lowest BCUT2D eigenvalue weighted by atomic mass is 9.65. The van der Waals surface area contributed by atoms with E-state index in [0.29, 0.717) is 12.0 Å². The third-order valence-electron chi connectivity index (χ3n) is 5.16. The van der Waals surface area contributed by atoms with Crippen molar-refractivity contribution in [3.05, 3.63) is 58.7 Å². The lowest BCUT2D eigenvalue weighted by Crippen LogP contribution is -2.38. The zero-order valence-corrected chi connectivity index (χ0v) is 15.6. The zero-order valence-electron chi connectivity index (χ0n) is 15.6. The van der Waals surface area contributed by atoms with Crippen LogP contribution in [0, 0.1) is 28.9 Å². The molecule has 2 bridgehead atoms. The van der Waals surface area contributed by atoms with Gasteiger partial charge < -0.3 is 4.74 Å². The van der Waals surface area contributed by atoms with Crippen LogP contribution >= 0.6 is 0 Å². The molecule has 0 heterocycles. The zero-order chi connectivity index (χ0) is 20.4. The quantitative estimate of drug-likeness (QED) is 0.522. The predicted molar refractivity (Wildman–Crippen MR) is 98.4 cm³/mol. The molecule has 2 unspecified atom stereocenters. The van der Waals surface area contributed by atoms with Crippen molar-refractivity contribution in [2.24, 2.45) is 5.92 Å². The van der Waals surface area contributed by atoms with E-state index in [-0.39, 0.29) is 28.7 Å². The van der Waals surface area contributed by atoms with Crippen LogP contribution in [-0.4, -0.2) is 18.9 Å². The van der Waals surface area contributed by atoms with Crippen LogP contribution in [0.5, 0.6) is 0 Å². The highest BCUT2D eigenvalue weighted by Crippen LogP contribution is 2.53. The van der Waals surface area contributed by atoms with Crippen molar-refractivity contribution in [1.82, 2.24) is 0 Å². The molecule has 0 aliphatic heterocycles. The van der Waals surface area contributed by atoms with Gasteiger partial charge in [0.1, 0.15) is 29.4 Å². The van der Waals surface area contributed by atoms with E-state index in [1.807, 2.05) is 6.92 Å². The van der Waals surface area contributed by atoms with Crippen molar-refractivity contribution in [3.63, 3.8) is 0 Å². The number of fused-ring (bicyclic) bond motifs is 2. The minimum atomic E-state index is -1.33. The molecular weight excluding hydrogens is 364 g/mol. The van der Waals surface area contributed by atoms with Crippen molar-refractivity contribution >= 4 is 11.8 Å². The highest BCUT2D eigenvalue weighted by molar-refractivity contribution is 6.02. The van der Waals surface area contributed by atoms with E-state index in [1.54, 1.807) is 36.4 Å². The summed E-state index contributed by atoms with van der Waals surface area (Å²) in [6, 6.07) is 10.2. The van der Waals surface area contributed by atoms with Crippen molar-refractivity contribution in [1.29, 1.82) is 5.26 Å². The Morgan fingerprint density at radius 3 is 2.43 bits per heavy atom. The first-order valence-corrected chi connectivity index (χ1v) is 9.08. The number of hydrogen-bond donors (Lipinski definition) is 0. The van der Waals surface area contributed by atoms with E-state index >= 15 is 4.39 Å². The monoisotopic (exact) mass is 383 g/mol. The Morgan fingerprint density at radius 1 is 1.18 bits per heavy atom. The third-order valence-corrected chi connectivity index (χ3v) is 5.16. The number of Topliss-reactive ketones (excluding diaryl/α,β-unsaturated/α-hetero) is 1. The van der Waals surface area contributed by atoms with Gasteiger partial charge in [0, 0.05) is 29.0 Å².